The summed E-state index contributed by atoms with van der Waals surface area (Å²) in [6, 6.07) is 11.0. The summed E-state index contributed by atoms with van der Waals surface area (Å²) in [5, 5.41) is 9.70. The summed E-state index contributed by atoms with van der Waals surface area (Å²) in [6.45, 7) is 2.73. The van der Waals surface area contributed by atoms with Crippen LogP contribution in [0.4, 0.5) is 15.6 Å². The van der Waals surface area contributed by atoms with Crippen LogP contribution in [-0.4, -0.2) is 62.6 Å². The molecule has 0 aromatic carbocycles. The van der Waals surface area contributed by atoms with Gasteiger partial charge in [0.15, 0.2) is 10.7 Å². The number of nitrogens with one attached hydrogen (secondary N) is 2. The van der Waals surface area contributed by atoms with E-state index in [0.717, 1.165) is 23.0 Å². The molecule has 4 heterocycles. The second-order valence-electron chi connectivity index (χ2n) is 6.55. The van der Waals surface area contributed by atoms with Crippen LogP contribution < -0.4 is 15.5 Å². The summed E-state index contributed by atoms with van der Waals surface area (Å²) in [5.74, 6) is 0.487. The van der Waals surface area contributed by atoms with Crippen molar-refractivity contribution in [2.24, 2.45) is 0 Å². The maximum atomic E-state index is 12.7. The Labute approximate surface area is 177 Å². The number of hydrogen-bond acceptors (Lipinski definition) is 8. The molecule has 0 radical (unpaired) electrons. The van der Waals surface area contributed by atoms with Crippen molar-refractivity contribution in [1.29, 1.82) is 0 Å². The van der Waals surface area contributed by atoms with E-state index in [9.17, 15) is 9.59 Å². The SMILES string of the molecule is O=C(NCc1ccccn1)c1nnsc1NC(=O)N1CCN(c2ccccn2)CC1. The van der Waals surface area contributed by atoms with E-state index in [2.05, 4.69) is 35.1 Å². The third-order valence-electron chi connectivity index (χ3n) is 4.62. The Morgan fingerprint density at radius 1 is 1.00 bits per heavy atom. The van der Waals surface area contributed by atoms with Gasteiger partial charge in [-0.25, -0.2) is 9.78 Å². The first-order valence-corrected chi connectivity index (χ1v) is 10.2. The summed E-state index contributed by atoms with van der Waals surface area (Å²) >= 11 is 0.973. The van der Waals surface area contributed by atoms with Gasteiger partial charge < -0.3 is 15.1 Å². The number of aromatic nitrogens is 4. The van der Waals surface area contributed by atoms with E-state index < -0.39 is 5.91 Å². The second-order valence-corrected chi connectivity index (χ2v) is 7.30. The molecule has 4 rings (SSSR count). The number of amides is 3. The molecule has 154 valence electrons. The van der Waals surface area contributed by atoms with Gasteiger partial charge in [0.25, 0.3) is 5.91 Å². The van der Waals surface area contributed by atoms with Crippen LogP contribution in [0, 0.1) is 0 Å². The van der Waals surface area contributed by atoms with Crippen LogP contribution in [0.5, 0.6) is 0 Å². The molecule has 0 spiro atoms. The van der Waals surface area contributed by atoms with Crippen molar-refractivity contribution in [3.8, 4) is 0 Å². The molecule has 0 unspecified atom stereocenters. The molecule has 1 saturated heterocycles. The molecule has 11 heteroatoms. The van der Waals surface area contributed by atoms with Crippen LogP contribution in [0.3, 0.4) is 0 Å². The topological polar surface area (TPSA) is 116 Å². The Hall–Kier alpha value is -3.60. The summed E-state index contributed by atoms with van der Waals surface area (Å²) in [5.41, 5.74) is 0.821. The van der Waals surface area contributed by atoms with Crippen molar-refractivity contribution in [2.75, 3.05) is 36.4 Å². The Bertz CT molecular complexity index is 990. The van der Waals surface area contributed by atoms with Gasteiger partial charge in [-0.05, 0) is 24.3 Å². The minimum absolute atomic E-state index is 0.0939. The van der Waals surface area contributed by atoms with Crippen LogP contribution in [0.2, 0.25) is 0 Å². The van der Waals surface area contributed by atoms with Crippen molar-refractivity contribution in [3.63, 3.8) is 0 Å². The summed E-state index contributed by atoms with van der Waals surface area (Å²) < 4.78 is 3.81. The number of pyridine rings is 2. The second kappa shape index (κ2) is 9.27. The van der Waals surface area contributed by atoms with E-state index in [1.54, 1.807) is 23.4 Å². The predicted octanol–water partition coefficient (Wildman–Crippen LogP) is 1.61. The molecule has 0 atom stereocenters. The molecule has 2 N–H and O–H groups in total. The van der Waals surface area contributed by atoms with E-state index in [1.807, 2.05) is 30.3 Å². The molecule has 30 heavy (non-hydrogen) atoms. The van der Waals surface area contributed by atoms with E-state index >= 15 is 0 Å². The van der Waals surface area contributed by atoms with Crippen molar-refractivity contribution >= 4 is 34.3 Å². The molecule has 10 nitrogen and oxygen atoms in total. The molecule has 1 fully saturated rings. The largest absolute Gasteiger partial charge is 0.353 e. The van der Waals surface area contributed by atoms with Crippen LogP contribution in [0.15, 0.2) is 48.8 Å². The molecular weight excluding hydrogens is 404 g/mol. The lowest BCUT2D eigenvalue weighted by molar-refractivity contribution is 0.0946. The fraction of sp³-hybridized carbons (Fsp3) is 0.263. The number of carbonyl (C=O) groups is 2. The molecule has 0 aliphatic carbocycles. The minimum atomic E-state index is -0.412. The number of carbonyl (C=O) groups excluding carboxylic acids is 2. The fourth-order valence-electron chi connectivity index (χ4n) is 3.03. The van der Waals surface area contributed by atoms with Crippen molar-refractivity contribution in [1.82, 2.24) is 29.8 Å². The van der Waals surface area contributed by atoms with Gasteiger partial charge in [0.2, 0.25) is 0 Å². The highest BCUT2D eigenvalue weighted by Crippen LogP contribution is 2.19. The molecule has 0 bridgehead atoms. The van der Waals surface area contributed by atoms with Crippen molar-refractivity contribution < 1.29 is 9.59 Å². The minimum Gasteiger partial charge on any atom is -0.353 e. The predicted molar refractivity (Wildman–Crippen MR) is 112 cm³/mol. The highest BCUT2D eigenvalue weighted by atomic mass is 32.1. The average Bonchev–Trinajstić information content (AvgIpc) is 3.27. The first-order valence-electron chi connectivity index (χ1n) is 9.43. The Morgan fingerprint density at radius 2 is 1.77 bits per heavy atom. The van der Waals surface area contributed by atoms with Gasteiger partial charge in [0.05, 0.1) is 12.2 Å². The third-order valence-corrected chi connectivity index (χ3v) is 5.26. The van der Waals surface area contributed by atoms with Crippen LogP contribution in [0.1, 0.15) is 16.2 Å². The number of piperazine rings is 1. The molecule has 0 saturated carbocycles. The summed E-state index contributed by atoms with van der Waals surface area (Å²) in [7, 11) is 0. The van der Waals surface area contributed by atoms with E-state index in [4.69, 9.17) is 0 Å². The molecule has 3 amide bonds. The zero-order valence-electron chi connectivity index (χ0n) is 16.1. The Balaban J connectivity index is 1.31. The van der Waals surface area contributed by atoms with Gasteiger partial charge in [0.1, 0.15) is 5.82 Å². The number of anilines is 2. The lowest BCUT2D eigenvalue weighted by Crippen LogP contribution is -2.50. The maximum Gasteiger partial charge on any atom is 0.322 e. The quantitative estimate of drug-likeness (QED) is 0.639. The number of urea groups is 1. The molecule has 1 aliphatic heterocycles. The normalized spacial score (nSPS) is 13.7. The smallest absolute Gasteiger partial charge is 0.322 e. The van der Waals surface area contributed by atoms with Gasteiger partial charge in [0, 0.05) is 50.1 Å². The van der Waals surface area contributed by atoms with Gasteiger partial charge in [-0.3, -0.25) is 15.1 Å². The summed E-state index contributed by atoms with van der Waals surface area (Å²) in [4.78, 5) is 37.4. The van der Waals surface area contributed by atoms with Crippen LogP contribution in [-0.2, 0) is 6.54 Å². The van der Waals surface area contributed by atoms with Crippen LogP contribution >= 0.6 is 11.5 Å². The van der Waals surface area contributed by atoms with E-state index in [1.165, 1.54) is 0 Å². The Kier molecular flexibility index (Phi) is 6.09. The monoisotopic (exact) mass is 424 g/mol. The van der Waals surface area contributed by atoms with Crippen molar-refractivity contribution in [2.45, 2.75) is 6.54 Å². The zero-order chi connectivity index (χ0) is 20.8. The third kappa shape index (κ3) is 4.69. The lowest BCUT2D eigenvalue weighted by atomic mass is 10.3. The molecule has 3 aromatic heterocycles. The van der Waals surface area contributed by atoms with Gasteiger partial charge >= 0.3 is 6.03 Å². The number of rotatable bonds is 5. The average molecular weight is 424 g/mol. The maximum absolute atomic E-state index is 12.7. The van der Waals surface area contributed by atoms with Gasteiger partial charge in [-0.2, -0.15) is 0 Å². The van der Waals surface area contributed by atoms with E-state index in [0.29, 0.717) is 31.2 Å². The number of nitrogens with zero attached hydrogens (tertiary/aromatic N) is 6. The Morgan fingerprint density at radius 3 is 2.47 bits per heavy atom. The molecular formula is C19H20N8O2S. The van der Waals surface area contributed by atoms with Crippen molar-refractivity contribution in [3.05, 3.63) is 60.2 Å². The van der Waals surface area contributed by atoms with Gasteiger partial charge in [-0.15, -0.1) is 5.10 Å². The zero-order valence-corrected chi connectivity index (χ0v) is 16.9. The highest BCUT2D eigenvalue weighted by molar-refractivity contribution is 7.10. The highest BCUT2D eigenvalue weighted by Gasteiger charge is 2.24. The lowest BCUT2D eigenvalue weighted by Gasteiger charge is -2.35. The van der Waals surface area contributed by atoms with Gasteiger partial charge in [-0.1, -0.05) is 16.6 Å². The summed E-state index contributed by atoms with van der Waals surface area (Å²) in [6.07, 6.45) is 3.41. The standard InChI is InChI=1S/C19H20N8O2S/c28-17(22-13-14-5-1-3-7-20-14)16-18(30-25-24-16)23-19(29)27-11-9-26(10-12-27)15-6-2-4-8-21-15/h1-8H,9-13H2,(H,22,28)(H,23,29). The molecule has 3 aromatic rings. The van der Waals surface area contributed by atoms with E-state index in [-0.39, 0.29) is 18.3 Å². The first-order chi connectivity index (χ1) is 14.7. The number of hydrogen-bond donors (Lipinski definition) is 2. The first kappa shape index (κ1) is 19.7. The molecule has 1 aliphatic rings. The van der Waals surface area contributed by atoms with Crippen LogP contribution in [0.25, 0.3) is 0 Å². The fourth-order valence-corrected chi connectivity index (χ4v) is 3.59.